The first-order chi connectivity index (χ1) is 13.1. The molecular formula is C19H18F3N5O. The zero-order chi connectivity index (χ0) is 20.5. The van der Waals surface area contributed by atoms with Crippen molar-refractivity contribution < 1.29 is 18.0 Å². The molecule has 0 unspecified atom stereocenters. The van der Waals surface area contributed by atoms with Gasteiger partial charge < -0.3 is 5.32 Å². The number of hydrogen-bond acceptors (Lipinski definition) is 3. The summed E-state index contributed by atoms with van der Waals surface area (Å²) < 4.78 is 40.7. The standard InChI is InChI=1S/C19H18F3N5O/c1-19(2,3)25-18(24-17(28)10-7-8-11(20)13(22)9-10)23-16-15-12(21)5-4-6-14(15)26-27-16/h4-9H,1-3H3,(H3,23,24,25,26,27,28). The maximum Gasteiger partial charge on any atom is 0.258 e. The third-order valence-electron chi connectivity index (χ3n) is 3.64. The Labute approximate surface area is 158 Å². The number of nitrogens with one attached hydrogen (secondary N) is 3. The Kier molecular flexibility index (Phi) is 5.08. The molecule has 0 aliphatic rings. The quantitative estimate of drug-likeness (QED) is 0.458. The highest BCUT2D eigenvalue weighted by atomic mass is 19.2. The van der Waals surface area contributed by atoms with Crippen LogP contribution in [-0.2, 0) is 0 Å². The van der Waals surface area contributed by atoms with E-state index < -0.39 is 28.9 Å². The van der Waals surface area contributed by atoms with Crippen molar-refractivity contribution in [1.82, 2.24) is 15.5 Å². The van der Waals surface area contributed by atoms with Crippen molar-refractivity contribution >= 4 is 28.6 Å². The Morgan fingerprint density at radius 2 is 1.82 bits per heavy atom. The number of carbonyl (C=O) groups is 1. The molecule has 0 atom stereocenters. The van der Waals surface area contributed by atoms with Gasteiger partial charge in [0.25, 0.3) is 5.91 Å². The van der Waals surface area contributed by atoms with Crippen LogP contribution in [0.2, 0.25) is 0 Å². The maximum absolute atomic E-state index is 14.2. The largest absolute Gasteiger partial charge is 0.308 e. The van der Waals surface area contributed by atoms with Crippen molar-refractivity contribution in [3.63, 3.8) is 0 Å². The van der Waals surface area contributed by atoms with E-state index in [1.165, 1.54) is 12.1 Å². The number of halogens is 3. The van der Waals surface area contributed by atoms with Crippen molar-refractivity contribution in [3.05, 3.63) is 59.4 Å². The monoisotopic (exact) mass is 389 g/mol. The minimum absolute atomic E-state index is 0.0149. The molecule has 0 aliphatic carbocycles. The summed E-state index contributed by atoms with van der Waals surface area (Å²) in [5.74, 6) is -3.31. The van der Waals surface area contributed by atoms with Crippen molar-refractivity contribution in [3.8, 4) is 0 Å². The second-order valence-electron chi connectivity index (χ2n) is 7.07. The summed E-state index contributed by atoms with van der Waals surface area (Å²) in [6.07, 6.45) is 0. The van der Waals surface area contributed by atoms with Crippen LogP contribution < -0.4 is 10.6 Å². The molecular weight excluding hydrogens is 371 g/mol. The molecule has 1 aromatic heterocycles. The van der Waals surface area contributed by atoms with E-state index in [0.717, 1.165) is 18.2 Å². The summed E-state index contributed by atoms with van der Waals surface area (Å²) in [4.78, 5) is 16.8. The second-order valence-corrected chi connectivity index (χ2v) is 7.07. The first kappa shape index (κ1) is 19.4. The highest BCUT2D eigenvalue weighted by molar-refractivity contribution is 6.11. The molecule has 3 N–H and O–H groups in total. The number of nitrogens with zero attached hydrogens (tertiary/aromatic N) is 2. The van der Waals surface area contributed by atoms with Gasteiger partial charge >= 0.3 is 0 Å². The zero-order valence-electron chi connectivity index (χ0n) is 15.4. The lowest BCUT2D eigenvalue weighted by Crippen LogP contribution is -2.38. The first-order valence-electron chi connectivity index (χ1n) is 8.40. The van der Waals surface area contributed by atoms with Crippen LogP contribution in [0.5, 0.6) is 0 Å². The second kappa shape index (κ2) is 7.34. The van der Waals surface area contributed by atoms with Gasteiger partial charge in [0.1, 0.15) is 5.82 Å². The molecule has 1 heterocycles. The lowest BCUT2D eigenvalue weighted by atomic mass is 10.1. The summed E-state index contributed by atoms with van der Waals surface area (Å²) in [6.45, 7) is 5.38. The molecule has 3 aromatic rings. The van der Waals surface area contributed by atoms with Gasteiger partial charge in [-0.3, -0.25) is 15.2 Å². The van der Waals surface area contributed by atoms with E-state index in [9.17, 15) is 18.0 Å². The van der Waals surface area contributed by atoms with Gasteiger partial charge in [-0.15, -0.1) is 0 Å². The third kappa shape index (κ3) is 4.30. The maximum atomic E-state index is 14.2. The first-order valence-corrected chi connectivity index (χ1v) is 8.40. The van der Waals surface area contributed by atoms with Gasteiger partial charge in [0.2, 0.25) is 5.96 Å². The molecule has 0 bridgehead atoms. The van der Waals surface area contributed by atoms with Crippen molar-refractivity contribution in [2.45, 2.75) is 26.3 Å². The van der Waals surface area contributed by atoms with Crippen molar-refractivity contribution in [1.29, 1.82) is 0 Å². The van der Waals surface area contributed by atoms with E-state index >= 15 is 0 Å². The molecule has 0 spiro atoms. The minimum atomic E-state index is -1.14. The number of aromatic nitrogens is 2. The third-order valence-corrected chi connectivity index (χ3v) is 3.64. The molecule has 6 nitrogen and oxygen atoms in total. The summed E-state index contributed by atoms with van der Waals surface area (Å²) >= 11 is 0. The molecule has 0 saturated carbocycles. The minimum Gasteiger partial charge on any atom is -0.308 e. The fourth-order valence-corrected chi connectivity index (χ4v) is 2.47. The summed E-state index contributed by atoms with van der Waals surface area (Å²) in [7, 11) is 0. The van der Waals surface area contributed by atoms with Gasteiger partial charge in [-0.05, 0) is 51.1 Å². The molecule has 0 radical (unpaired) electrons. The summed E-state index contributed by atoms with van der Waals surface area (Å²) in [6, 6.07) is 7.25. The van der Waals surface area contributed by atoms with Crippen LogP contribution in [0.4, 0.5) is 19.0 Å². The van der Waals surface area contributed by atoms with E-state index in [2.05, 4.69) is 25.8 Å². The molecule has 146 valence electrons. The Hall–Kier alpha value is -3.36. The number of aliphatic imine (C=N–C) groups is 1. The van der Waals surface area contributed by atoms with Crippen molar-refractivity contribution in [2.24, 2.45) is 4.99 Å². The highest BCUT2D eigenvalue weighted by Gasteiger charge is 2.18. The number of H-pyrrole nitrogens is 1. The highest BCUT2D eigenvalue weighted by Crippen LogP contribution is 2.23. The van der Waals surface area contributed by atoms with Gasteiger partial charge in [0.05, 0.1) is 16.4 Å². The molecule has 9 heteroatoms. The van der Waals surface area contributed by atoms with E-state index in [1.807, 2.05) is 0 Å². The SMILES string of the molecule is CC(C)(C)N=C(NC(=O)c1ccc(F)c(F)c1)Nc1n[nH]c2cccc(F)c12. The predicted molar refractivity (Wildman–Crippen MR) is 101 cm³/mol. The lowest BCUT2D eigenvalue weighted by molar-refractivity contribution is 0.0976. The normalized spacial score (nSPS) is 12.3. The van der Waals surface area contributed by atoms with Crippen LogP contribution in [0.1, 0.15) is 31.1 Å². The van der Waals surface area contributed by atoms with E-state index in [-0.39, 0.29) is 22.7 Å². The van der Waals surface area contributed by atoms with Crippen LogP contribution in [0.15, 0.2) is 41.4 Å². The van der Waals surface area contributed by atoms with Crippen LogP contribution in [0.25, 0.3) is 10.9 Å². The van der Waals surface area contributed by atoms with E-state index in [1.54, 1.807) is 26.8 Å². The van der Waals surface area contributed by atoms with Gasteiger partial charge in [-0.25, -0.2) is 18.2 Å². The number of aromatic amines is 1. The zero-order valence-corrected chi connectivity index (χ0v) is 15.4. The Morgan fingerprint density at radius 1 is 1.07 bits per heavy atom. The van der Waals surface area contributed by atoms with Gasteiger partial charge in [0, 0.05) is 5.56 Å². The number of benzene rings is 2. The van der Waals surface area contributed by atoms with Crippen LogP contribution >= 0.6 is 0 Å². The Morgan fingerprint density at radius 3 is 2.50 bits per heavy atom. The number of fused-ring (bicyclic) bond motifs is 1. The number of carbonyl (C=O) groups excluding carboxylic acids is 1. The number of amides is 1. The fourth-order valence-electron chi connectivity index (χ4n) is 2.47. The molecule has 28 heavy (non-hydrogen) atoms. The fraction of sp³-hybridized carbons (Fsp3) is 0.211. The molecule has 1 amide bonds. The molecule has 0 fully saturated rings. The topological polar surface area (TPSA) is 82.2 Å². The predicted octanol–water partition coefficient (Wildman–Crippen LogP) is 3.98. The van der Waals surface area contributed by atoms with Gasteiger partial charge in [0.15, 0.2) is 17.5 Å². The number of guanidine groups is 1. The van der Waals surface area contributed by atoms with Gasteiger partial charge in [-0.1, -0.05) is 6.07 Å². The molecule has 0 saturated heterocycles. The lowest BCUT2D eigenvalue weighted by Gasteiger charge is -2.17. The number of anilines is 1. The summed E-state index contributed by atoms with van der Waals surface area (Å²) in [5.41, 5.74) is -0.237. The smallest absolute Gasteiger partial charge is 0.258 e. The van der Waals surface area contributed by atoms with Crippen molar-refractivity contribution in [2.75, 3.05) is 5.32 Å². The average Bonchev–Trinajstić information content (AvgIpc) is 3.00. The number of rotatable bonds is 2. The van der Waals surface area contributed by atoms with E-state index in [0.29, 0.717) is 5.52 Å². The molecule has 2 aromatic carbocycles. The van der Waals surface area contributed by atoms with E-state index in [4.69, 9.17) is 0 Å². The summed E-state index contributed by atoms with van der Waals surface area (Å²) in [5, 5.41) is 12.2. The van der Waals surface area contributed by atoms with Crippen LogP contribution in [0, 0.1) is 17.5 Å². The van der Waals surface area contributed by atoms with Crippen LogP contribution in [-0.4, -0.2) is 27.6 Å². The average molecular weight is 389 g/mol. The van der Waals surface area contributed by atoms with Gasteiger partial charge in [-0.2, -0.15) is 5.10 Å². The Balaban J connectivity index is 1.92. The number of hydrogen-bond donors (Lipinski definition) is 3. The molecule has 0 aliphatic heterocycles. The molecule has 3 rings (SSSR count). The Bertz CT molecular complexity index is 1070. The van der Waals surface area contributed by atoms with Crippen LogP contribution in [0.3, 0.4) is 0 Å².